The number of hydrogen-bond donors (Lipinski definition) is 1. The van der Waals surface area contributed by atoms with E-state index in [1.165, 1.54) is 4.90 Å². The van der Waals surface area contributed by atoms with Crippen molar-refractivity contribution in [2.24, 2.45) is 0 Å². The third kappa shape index (κ3) is 4.38. The second-order valence-electron chi connectivity index (χ2n) is 4.56. The van der Waals surface area contributed by atoms with E-state index >= 15 is 0 Å². The molecule has 0 aromatic heterocycles. The molecule has 0 bridgehead atoms. The smallest absolute Gasteiger partial charge is 0.212 e. The number of benzene rings is 1. The Morgan fingerprint density at radius 2 is 2.11 bits per heavy atom. The van der Waals surface area contributed by atoms with Crippen molar-refractivity contribution in [3.05, 3.63) is 29.8 Å². The van der Waals surface area contributed by atoms with Crippen LogP contribution >= 0.6 is 23.4 Å². The first kappa shape index (κ1) is 15.2. The van der Waals surface area contributed by atoms with Crippen LogP contribution in [0.15, 0.2) is 29.2 Å². The molecule has 1 aliphatic heterocycles. The van der Waals surface area contributed by atoms with Crippen molar-refractivity contribution in [1.82, 2.24) is 4.72 Å². The number of nitrogens with one attached hydrogen (secondary N) is 1. The lowest BCUT2D eigenvalue weighted by atomic mass is 10.1. The Hall–Kier alpha value is -0.230. The van der Waals surface area contributed by atoms with Gasteiger partial charge in [-0.05, 0) is 36.6 Å². The quantitative estimate of drug-likeness (QED) is 0.647. The zero-order valence-electron chi connectivity index (χ0n) is 10.6. The molecule has 2 rings (SSSR count). The van der Waals surface area contributed by atoms with E-state index in [4.69, 9.17) is 11.6 Å². The lowest BCUT2D eigenvalue weighted by Crippen LogP contribution is -2.32. The third-order valence-corrected chi connectivity index (χ3v) is 5.94. The van der Waals surface area contributed by atoms with Crippen molar-refractivity contribution in [1.29, 1.82) is 0 Å². The second kappa shape index (κ2) is 6.97. The Kier molecular flexibility index (Phi) is 5.57. The van der Waals surface area contributed by atoms with E-state index in [-0.39, 0.29) is 11.8 Å². The number of alkyl halides is 1. The lowest BCUT2D eigenvalue weighted by molar-refractivity contribution is 0.543. The summed E-state index contributed by atoms with van der Waals surface area (Å²) in [6.45, 7) is 0. The van der Waals surface area contributed by atoms with E-state index in [1.807, 2.05) is 24.3 Å². The van der Waals surface area contributed by atoms with Gasteiger partial charge in [0.25, 0.3) is 0 Å². The maximum absolute atomic E-state index is 12.0. The average Bonchev–Trinajstić information content (AvgIpc) is 2.39. The molecule has 6 heteroatoms. The van der Waals surface area contributed by atoms with Gasteiger partial charge in [-0.25, -0.2) is 13.1 Å². The molecule has 1 atom stereocenters. The second-order valence-corrected chi connectivity index (χ2v) is 7.95. The van der Waals surface area contributed by atoms with E-state index < -0.39 is 10.0 Å². The Bertz CT molecular complexity index is 519. The lowest BCUT2D eigenvalue weighted by Gasteiger charge is -2.25. The number of unbranched alkanes of at least 4 members (excludes halogenated alkanes) is 1. The summed E-state index contributed by atoms with van der Waals surface area (Å²) in [4.78, 5) is 1.18. The standard InChI is InChI=1S/C13H18ClNO2S2/c14-8-3-4-10-19(16,17)15-12-7-9-18-13-6-2-1-5-11(12)13/h1-2,5-6,12,15H,3-4,7-10H2. The van der Waals surface area contributed by atoms with Crippen molar-refractivity contribution in [2.45, 2.75) is 30.2 Å². The van der Waals surface area contributed by atoms with Gasteiger partial charge >= 0.3 is 0 Å². The molecular weight excluding hydrogens is 302 g/mol. The zero-order chi connectivity index (χ0) is 13.7. The highest BCUT2D eigenvalue weighted by Crippen LogP contribution is 2.36. The minimum Gasteiger partial charge on any atom is -0.212 e. The van der Waals surface area contributed by atoms with E-state index in [0.717, 1.165) is 24.2 Å². The summed E-state index contributed by atoms with van der Waals surface area (Å²) in [5.74, 6) is 1.62. The van der Waals surface area contributed by atoms with Crippen LogP contribution in [0.3, 0.4) is 0 Å². The predicted octanol–water partition coefficient (Wildman–Crippen LogP) is 3.16. The van der Waals surface area contributed by atoms with Crippen molar-refractivity contribution >= 4 is 33.4 Å². The molecule has 19 heavy (non-hydrogen) atoms. The SMILES string of the molecule is O=S(=O)(CCCCCl)NC1CCSc2ccccc21. The third-order valence-electron chi connectivity index (χ3n) is 3.08. The van der Waals surface area contributed by atoms with E-state index in [2.05, 4.69) is 4.72 Å². The number of sulfonamides is 1. The molecule has 3 nitrogen and oxygen atoms in total. The molecule has 1 unspecified atom stereocenters. The average molecular weight is 320 g/mol. The van der Waals surface area contributed by atoms with Crippen molar-refractivity contribution in [2.75, 3.05) is 17.4 Å². The van der Waals surface area contributed by atoms with Crippen LogP contribution in [-0.4, -0.2) is 25.8 Å². The van der Waals surface area contributed by atoms with E-state index in [0.29, 0.717) is 12.3 Å². The molecule has 106 valence electrons. The normalized spacial score (nSPS) is 19.1. The summed E-state index contributed by atoms with van der Waals surface area (Å²) in [5.41, 5.74) is 1.10. The highest BCUT2D eigenvalue weighted by atomic mass is 35.5. The van der Waals surface area contributed by atoms with Gasteiger partial charge in [0.2, 0.25) is 10.0 Å². The Labute approximate surface area is 124 Å². The summed E-state index contributed by atoms with van der Waals surface area (Å²) in [5, 5.41) is 0. The minimum atomic E-state index is -3.21. The fourth-order valence-corrected chi connectivity index (χ4v) is 4.82. The predicted molar refractivity (Wildman–Crippen MR) is 81.4 cm³/mol. The van der Waals surface area contributed by atoms with Crippen LogP contribution < -0.4 is 4.72 Å². The molecule has 1 aliphatic rings. The van der Waals surface area contributed by atoms with Crippen molar-refractivity contribution in [3.8, 4) is 0 Å². The largest absolute Gasteiger partial charge is 0.212 e. The molecule has 0 saturated carbocycles. The first-order valence-corrected chi connectivity index (χ1v) is 9.57. The Morgan fingerprint density at radius 3 is 2.89 bits per heavy atom. The topological polar surface area (TPSA) is 46.2 Å². The number of halogens is 1. The van der Waals surface area contributed by atoms with Crippen LogP contribution in [0, 0.1) is 0 Å². The highest BCUT2D eigenvalue weighted by Gasteiger charge is 2.24. The van der Waals surface area contributed by atoms with Crippen LogP contribution in [0.2, 0.25) is 0 Å². The maximum Gasteiger partial charge on any atom is 0.212 e. The molecule has 0 spiro atoms. The number of thioether (sulfide) groups is 1. The van der Waals surface area contributed by atoms with Gasteiger partial charge < -0.3 is 0 Å². The number of hydrogen-bond acceptors (Lipinski definition) is 3. The molecule has 0 amide bonds. The van der Waals surface area contributed by atoms with Crippen molar-refractivity contribution < 1.29 is 8.42 Å². The monoisotopic (exact) mass is 319 g/mol. The van der Waals surface area contributed by atoms with Gasteiger partial charge in [0.15, 0.2) is 0 Å². The van der Waals surface area contributed by atoms with Crippen LogP contribution in [0.25, 0.3) is 0 Å². The molecule has 1 aromatic rings. The summed E-state index contributed by atoms with van der Waals surface area (Å²) in [7, 11) is -3.21. The molecule has 1 N–H and O–H groups in total. The van der Waals surface area contributed by atoms with Gasteiger partial charge in [-0.2, -0.15) is 0 Å². The maximum atomic E-state index is 12.0. The first-order valence-electron chi connectivity index (χ1n) is 6.40. The molecule has 1 aromatic carbocycles. The minimum absolute atomic E-state index is 0.0848. The van der Waals surface area contributed by atoms with Gasteiger partial charge in [-0.15, -0.1) is 23.4 Å². The van der Waals surface area contributed by atoms with Gasteiger partial charge in [-0.3, -0.25) is 0 Å². The number of rotatable bonds is 6. The summed E-state index contributed by atoms with van der Waals surface area (Å²) in [6.07, 6.45) is 2.19. The van der Waals surface area contributed by atoms with Gasteiger partial charge in [0.1, 0.15) is 0 Å². The highest BCUT2D eigenvalue weighted by molar-refractivity contribution is 7.99. The molecule has 0 aliphatic carbocycles. The molecule has 0 radical (unpaired) electrons. The molecular formula is C13H18ClNO2S2. The summed E-state index contributed by atoms with van der Waals surface area (Å²) >= 11 is 7.36. The molecule has 1 heterocycles. The fraction of sp³-hybridized carbons (Fsp3) is 0.538. The van der Waals surface area contributed by atoms with Crippen LogP contribution in [0.1, 0.15) is 30.9 Å². The van der Waals surface area contributed by atoms with Crippen molar-refractivity contribution in [3.63, 3.8) is 0 Å². The Balaban J connectivity index is 2.04. The summed E-state index contributed by atoms with van der Waals surface area (Å²) < 4.78 is 26.9. The van der Waals surface area contributed by atoms with E-state index in [1.54, 1.807) is 11.8 Å². The van der Waals surface area contributed by atoms with Crippen LogP contribution in [0.5, 0.6) is 0 Å². The summed E-state index contributed by atoms with van der Waals surface area (Å²) in [6, 6.07) is 7.92. The van der Waals surface area contributed by atoms with E-state index in [9.17, 15) is 8.42 Å². The van der Waals surface area contributed by atoms with Gasteiger partial charge in [0.05, 0.1) is 5.75 Å². The number of fused-ring (bicyclic) bond motifs is 1. The fourth-order valence-electron chi connectivity index (χ4n) is 2.13. The van der Waals surface area contributed by atoms with Gasteiger partial charge in [0, 0.05) is 16.8 Å². The molecule has 0 fully saturated rings. The Morgan fingerprint density at radius 1 is 1.32 bits per heavy atom. The van der Waals surface area contributed by atoms with Crippen LogP contribution in [-0.2, 0) is 10.0 Å². The zero-order valence-corrected chi connectivity index (χ0v) is 13.0. The first-order chi connectivity index (χ1) is 9.12. The van der Waals surface area contributed by atoms with Gasteiger partial charge in [-0.1, -0.05) is 18.2 Å². The molecule has 0 saturated heterocycles. The van der Waals surface area contributed by atoms with Crippen LogP contribution in [0.4, 0.5) is 0 Å².